The Morgan fingerprint density at radius 1 is 1.35 bits per heavy atom. The van der Waals surface area contributed by atoms with Gasteiger partial charge in [0.15, 0.2) is 0 Å². The quantitative estimate of drug-likeness (QED) is 0.656. The van der Waals surface area contributed by atoms with Crippen LogP contribution in [0.25, 0.3) is 10.2 Å². The summed E-state index contributed by atoms with van der Waals surface area (Å²) in [6.07, 6.45) is 1.95. The van der Waals surface area contributed by atoms with Crippen LogP contribution in [0.4, 0.5) is 0 Å². The SMILES string of the molecule is CCC1c2ccsc2CCN1C(=O)CN(C)Cc1nc2ccccc2s1. The van der Waals surface area contributed by atoms with Gasteiger partial charge in [-0.2, -0.15) is 0 Å². The smallest absolute Gasteiger partial charge is 0.237 e. The molecular formula is C20H23N3OS2. The predicted octanol–water partition coefficient (Wildman–Crippen LogP) is 4.33. The van der Waals surface area contributed by atoms with E-state index in [0.29, 0.717) is 13.1 Å². The number of hydrogen-bond donors (Lipinski definition) is 0. The third-order valence-corrected chi connectivity index (χ3v) is 6.97. The van der Waals surface area contributed by atoms with Crippen LogP contribution in [-0.4, -0.2) is 40.8 Å². The van der Waals surface area contributed by atoms with Crippen LogP contribution in [0.1, 0.15) is 34.8 Å². The molecule has 1 amide bonds. The highest BCUT2D eigenvalue weighted by atomic mass is 32.1. The van der Waals surface area contributed by atoms with Crippen LogP contribution in [0.15, 0.2) is 35.7 Å². The zero-order valence-electron chi connectivity index (χ0n) is 15.1. The molecule has 3 aromatic rings. The molecule has 4 nitrogen and oxygen atoms in total. The fourth-order valence-electron chi connectivity index (χ4n) is 3.73. The molecule has 1 atom stereocenters. The van der Waals surface area contributed by atoms with Gasteiger partial charge in [-0.15, -0.1) is 22.7 Å². The average Bonchev–Trinajstić information content (AvgIpc) is 3.26. The van der Waals surface area contributed by atoms with E-state index in [1.807, 2.05) is 36.6 Å². The van der Waals surface area contributed by atoms with Gasteiger partial charge in [-0.05, 0) is 49.0 Å². The number of hydrogen-bond acceptors (Lipinski definition) is 5. The highest BCUT2D eigenvalue weighted by molar-refractivity contribution is 7.18. The lowest BCUT2D eigenvalue weighted by atomic mass is 9.98. The number of benzene rings is 1. The Morgan fingerprint density at radius 2 is 2.19 bits per heavy atom. The van der Waals surface area contributed by atoms with Gasteiger partial charge in [0.25, 0.3) is 0 Å². The molecule has 0 saturated carbocycles. The summed E-state index contributed by atoms with van der Waals surface area (Å²) >= 11 is 3.53. The molecule has 0 N–H and O–H groups in total. The highest BCUT2D eigenvalue weighted by Crippen LogP contribution is 2.35. The number of thiophene rings is 1. The molecule has 1 unspecified atom stereocenters. The summed E-state index contributed by atoms with van der Waals surface area (Å²) in [5.41, 5.74) is 2.39. The second-order valence-corrected chi connectivity index (χ2v) is 8.92. The largest absolute Gasteiger partial charge is 0.334 e. The fraction of sp³-hybridized carbons (Fsp3) is 0.400. The minimum Gasteiger partial charge on any atom is -0.334 e. The Balaban J connectivity index is 1.42. The van der Waals surface area contributed by atoms with Crippen LogP contribution in [0.2, 0.25) is 0 Å². The first-order valence-corrected chi connectivity index (χ1v) is 10.7. The van der Waals surface area contributed by atoms with Gasteiger partial charge in [0, 0.05) is 11.4 Å². The van der Waals surface area contributed by atoms with Gasteiger partial charge < -0.3 is 4.90 Å². The molecule has 2 aromatic heterocycles. The van der Waals surface area contributed by atoms with Crippen molar-refractivity contribution in [3.63, 3.8) is 0 Å². The van der Waals surface area contributed by atoms with E-state index in [4.69, 9.17) is 0 Å². The third kappa shape index (κ3) is 3.41. The molecule has 0 radical (unpaired) electrons. The van der Waals surface area contributed by atoms with E-state index < -0.39 is 0 Å². The number of fused-ring (bicyclic) bond motifs is 2. The molecule has 3 heterocycles. The lowest BCUT2D eigenvalue weighted by molar-refractivity contribution is -0.135. The van der Waals surface area contributed by atoms with Crippen LogP contribution < -0.4 is 0 Å². The Morgan fingerprint density at radius 3 is 3.00 bits per heavy atom. The monoisotopic (exact) mass is 385 g/mol. The fourth-order valence-corrected chi connectivity index (χ4v) is 5.71. The Labute approximate surface area is 162 Å². The molecule has 0 saturated heterocycles. The molecule has 0 fully saturated rings. The van der Waals surface area contributed by atoms with Gasteiger partial charge in [-0.25, -0.2) is 4.98 Å². The van der Waals surface area contributed by atoms with Crippen LogP contribution in [0.5, 0.6) is 0 Å². The number of aromatic nitrogens is 1. The maximum Gasteiger partial charge on any atom is 0.237 e. The zero-order valence-corrected chi connectivity index (χ0v) is 16.8. The molecule has 0 bridgehead atoms. The first-order valence-electron chi connectivity index (χ1n) is 9.04. The highest BCUT2D eigenvalue weighted by Gasteiger charge is 2.30. The summed E-state index contributed by atoms with van der Waals surface area (Å²) in [4.78, 5) is 23.2. The summed E-state index contributed by atoms with van der Waals surface area (Å²) in [5.74, 6) is 0.220. The maximum absolute atomic E-state index is 12.9. The number of rotatable bonds is 5. The van der Waals surface area contributed by atoms with E-state index in [0.717, 1.165) is 29.9 Å². The van der Waals surface area contributed by atoms with E-state index >= 15 is 0 Å². The van der Waals surface area contributed by atoms with Gasteiger partial charge >= 0.3 is 0 Å². The number of carbonyl (C=O) groups excluding carboxylic acids is 1. The molecule has 4 rings (SSSR count). The van der Waals surface area contributed by atoms with E-state index in [2.05, 4.69) is 39.2 Å². The second-order valence-electron chi connectivity index (χ2n) is 6.81. The Kier molecular flexibility index (Phi) is 5.07. The van der Waals surface area contributed by atoms with Crippen molar-refractivity contribution < 1.29 is 4.79 Å². The number of amides is 1. The van der Waals surface area contributed by atoms with Gasteiger partial charge in [-0.3, -0.25) is 9.69 Å². The van der Waals surface area contributed by atoms with Gasteiger partial charge in [0.1, 0.15) is 5.01 Å². The first-order chi connectivity index (χ1) is 12.7. The van der Waals surface area contributed by atoms with Crippen LogP contribution in [0, 0.1) is 0 Å². The standard InChI is InChI=1S/C20H23N3OS2/c1-3-16-14-9-11-25-17(14)8-10-23(16)20(24)13-22(2)12-19-21-15-6-4-5-7-18(15)26-19/h4-7,9,11,16H,3,8,10,12-13H2,1-2H3. The van der Waals surface area contributed by atoms with Gasteiger partial charge in [-0.1, -0.05) is 19.1 Å². The molecule has 0 aliphatic carbocycles. The number of nitrogens with zero attached hydrogens (tertiary/aromatic N) is 3. The minimum absolute atomic E-state index is 0.220. The Hall–Kier alpha value is -1.76. The summed E-state index contributed by atoms with van der Waals surface area (Å²) < 4.78 is 1.20. The topological polar surface area (TPSA) is 36.4 Å². The van der Waals surface area contributed by atoms with Crippen LogP contribution in [0.3, 0.4) is 0 Å². The van der Waals surface area contributed by atoms with Crippen molar-refractivity contribution in [2.75, 3.05) is 20.1 Å². The second kappa shape index (κ2) is 7.47. The normalized spacial score (nSPS) is 17.0. The maximum atomic E-state index is 12.9. The van der Waals surface area contributed by atoms with E-state index in [1.165, 1.54) is 15.1 Å². The van der Waals surface area contributed by atoms with Crippen molar-refractivity contribution in [3.8, 4) is 0 Å². The molecular weight excluding hydrogens is 362 g/mol. The molecule has 1 aromatic carbocycles. The van der Waals surface area contributed by atoms with E-state index in [9.17, 15) is 4.79 Å². The number of likely N-dealkylation sites (N-methyl/N-ethyl adjacent to an activating group) is 1. The van der Waals surface area contributed by atoms with Gasteiger partial charge in [0.2, 0.25) is 5.91 Å². The summed E-state index contributed by atoms with van der Waals surface area (Å²) in [6.45, 7) is 4.15. The predicted molar refractivity (Wildman–Crippen MR) is 109 cm³/mol. The molecule has 1 aliphatic heterocycles. The van der Waals surface area contributed by atoms with Crippen molar-refractivity contribution in [2.45, 2.75) is 32.4 Å². The van der Waals surface area contributed by atoms with Crippen molar-refractivity contribution in [3.05, 3.63) is 51.2 Å². The minimum atomic E-state index is 0.220. The van der Waals surface area contributed by atoms with Crippen molar-refractivity contribution in [2.24, 2.45) is 0 Å². The average molecular weight is 386 g/mol. The number of para-hydroxylation sites is 1. The van der Waals surface area contributed by atoms with Gasteiger partial charge in [0.05, 0.1) is 29.3 Å². The molecule has 6 heteroatoms. The lowest BCUT2D eigenvalue weighted by Crippen LogP contribution is -2.43. The third-order valence-electron chi connectivity index (χ3n) is 4.95. The molecule has 26 heavy (non-hydrogen) atoms. The molecule has 136 valence electrons. The van der Waals surface area contributed by atoms with Crippen LogP contribution >= 0.6 is 22.7 Å². The zero-order chi connectivity index (χ0) is 18.1. The Bertz CT molecular complexity index is 884. The van der Waals surface area contributed by atoms with Crippen LogP contribution in [-0.2, 0) is 17.8 Å². The van der Waals surface area contributed by atoms with E-state index in [-0.39, 0.29) is 11.9 Å². The first kappa shape index (κ1) is 17.6. The summed E-state index contributed by atoms with van der Waals surface area (Å²) in [5, 5.41) is 3.22. The number of thiazole rings is 1. The van der Waals surface area contributed by atoms with E-state index in [1.54, 1.807) is 11.3 Å². The van der Waals surface area contributed by atoms with Crippen molar-refractivity contribution in [1.29, 1.82) is 0 Å². The summed E-state index contributed by atoms with van der Waals surface area (Å²) in [7, 11) is 2.00. The molecule has 0 spiro atoms. The number of carbonyl (C=O) groups is 1. The molecule has 1 aliphatic rings. The van der Waals surface area contributed by atoms with Crippen molar-refractivity contribution in [1.82, 2.24) is 14.8 Å². The van der Waals surface area contributed by atoms with Crippen molar-refractivity contribution >= 4 is 38.8 Å². The summed E-state index contributed by atoms with van der Waals surface area (Å²) in [6, 6.07) is 10.6. The lowest BCUT2D eigenvalue weighted by Gasteiger charge is -2.36.